The first-order valence-corrected chi connectivity index (χ1v) is 3.87. The van der Waals surface area contributed by atoms with E-state index in [1.54, 1.807) is 6.20 Å². The number of aromatic nitrogens is 3. The number of alkyl halides is 1. The minimum atomic E-state index is -0.953. The summed E-state index contributed by atoms with van der Waals surface area (Å²) < 4.78 is 19.6. The molecule has 2 heterocycles. The monoisotopic (exact) mass is 171 g/mol. The van der Waals surface area contributed by atoms with E-state index in [1.807, 2.05) is 6.92 Å². The molecule has 66 valence electrons. The van der Waals surface area contributed by atoms with Crippen molar-refractivity contribution in [3.63, 3.8) is 0 Å². The van der Waals surface area contributed by atoms with Crippen LogP contribution in [0.3, 0.4) is 0 Å². The number of ether oxygens (including phenoxy) is 1. The molecule has 12 heavy (non-hydrogen) atoms. The maximum absolute atomic E-state index is 13.1. The summed E-state index contributed by atoms with van der Waals surface area (Å²) in [5.41, 5.74) is 0.800. The van der Waals surface area contributed by atoms with Crippen molar-refractivity contribution in [3.05, 3.63) is 11.9 Å². The number of hydrogen-bond donors (Lipinski definition) is 0. The van der Waals surface area contributed by atoms with E-state index in [1.165, 1.54) is 4.68 Å². The predicted octanol–water partition coefficient (Wildman–Crippen LogP) is 0.496. The zero-order chi connectivity index (χ0) is 8.55. The summed E-state index contributed by atoms with van der Waals surface area (Å²) in [6.45, 7) is 2.39. The average molecular weight is 171 g/mol. The van der Waals surface area contributed by atoms with Gasteiger partial charge in [-0.25, -0.2) is 9.07 Å². The Kier molecular flexibility index (Phi) is 1.80. The lowest BCUT2D eigenvalue weighted by molar-refractivity contribution is 0.172. The molecule has 4 nitrogen and oxygen atoms in total. The fourth-order valence-electron chi connectivity index (χ4n) is 1.29. The van der Waals surface area contributed by atoms with E-state index < -0.39 is 6.17 Å². The quantitative estimate of drug-likeness (QED) is 0.617. The van der Waals surface area contributed by atoms with Gasteiger partial charge in [0.15, 0.2) is 0 Å². The number of aryl methyl sites for hydroxylation is 1. The van der Waals surface area contributed by atoms with Crippen LogP contribution in [0.5, 0.6) is 0 Å². The summed E-state index contributed by atoms with van der Waals surface area (Å²) >= 11 is 0. The Balaban J connectivity index is 2.19. The molecule has 2 rings (SSSR count). The van der Waals surface area contributed by atoms with E-state index in [9.17, 15) is 4.39 Å². The fraction of sp³-hybridized carbons (Fsp3) is 0.714. The smallest absolute Gasteiger partial charge is 0.148 e. The van der Waals surface area contributed by atoms with Gasteiger partial charge >= 0.3 is 0 Å². The molecule has 0 unspecified atom stereocenters. The van der Waals surface area contributed by atoms with Gasteiger partial charge in [0.1, 0.15) is 12.2 Å². The number of hydrogen-bond acceptors (Lipinski definition) is 3. The summed E-state index contributed by atoms with van der Waals surface area (Å²) in [6, 6.07) is -0.286. The van der Waals surface area contributed by atoms with Crippen LogP contribution in [0.25, 0.3) is 0 Å². The van der Waals surface area contributed by atoms with E-state index >= 15 is 0 Å². The van der Waals surface area contributed by atoms with Crippen molar-refractivity contribution in [1.82, 2.24) is 15.0 Å². The Bertz CT molecular complexity index is 275. The molecule has 0 amide bonds. The van der Waals surface area contributed by atoms with Crippen LogP contribution in [-0.4, -0.2) is 34.4 Å². The van der Waals surface area contributed by atoms with Gasteiger partial charge in [-0.15, -0.1) is 5.10 Å². The lowest BCUT2D eigenvalue weighted by atomic mass is 10.2. The van der Waals surface area contributed by atoms with E-state index in [0.717, 1.165) is 5.69 Å². The molecule has 1 aromatic heterocycles. The Hall–Kier alpha value is -0.970. The van der Waals surface area contributed by atoms with E-state index in [-0.39, 0.29) is 12.6 Å². The highest BCUT2D eigenvalue weighted by Gasteiger charge is 2.30. The molecule has 1 aliphatic rings. The van der Waals surface area contributed by atoms with Crippen molar-refractivity contribution >= 4 is 0 Å². The molecule has 1 saturated heterocycles. The normalized spacial score (nSPS) is 29.5. The van der Waals surface area contributed by atoms with Crippen LogP contribution in [0.15, 0.2) is 6.20 Å². The number of halogens is 1. The zero-order valence-corrected chi connectivity index (χ0v) is 6.77. The van der Waals surface area contributed by atoms with Gasteiger partial charge in [-0.1, -0.05) is 5.21 Å². The first-order chi connectivity index (χ1) is 5.77. The van der Waals surface area contributed by atoms with Crippen molar-refractivity contribution in [2.75, 3.05) is 13.2 Å². The van der Waals surface area contributed by atoms with Gasteiger partial charge in [0, 0.05) is 6.20 Å². The molecule has 0 N–H and O–H groups in total. The summed E-state index contributed by atoms with van der Waals surface area (Å²) in [6.07, 6.45) is 0.775. The molecule has 0 radical (unpaired) electrons. The van der Waals surface area contributed by atoms with E-state index in [0.29, 0.717) is 6.61 Å². The number of rotatable bonds is 1. The lowest BCUT2D eigenvalue weighted by Gasteiger charge is -2.08. The molecule has 2 atom stereocenters. The predicted molar refractivity (Wildman–Crippen MR) is 39.5 cm³/mol. The van der Waals surface area contributed by atoms with Crippen LogP contribution in [0, 0.1) is 6.92 Å². The van der Waals surface area contributed by atoms with Gasteiger partial charge in [-0.3, -0.25) is 0 Å². The van der Waals surface area contributed by atoms with Gasteiger partial charge in [0.25, 0.3) is 0 Å². The maximum atomic E-state index is 13.1. The molecule has 0 saturated carbocycles. The second kappa shape index (κ2) is 2.82. The van der Waals surface area contributed by atoms with Crippen molar-refractivity contribution in [2.24, 2.45) is 0 Å². The second-order valence-corrected chi connectivity index (χ2v) is 2.96. The highest BCUT2D eigenvalue weighted by atomic mass is 19.1. The second-order valence-electron chi connectivity index (χ2n) is 2.96. The Morgan fingerprint density at radius 3 is 3.00 bits per heavy atom. The van der Waals surface area contributed by atoms with Crippen LogP contribution >= 0.6 is 0 Å². The minimum Gasteiger partial charge on any atom is -0.376 e. The molecule has 1 aliphatic heterocycles. The van der Waals surface area contributed by atoms with Crippen LogP contribution in [-0.2, 0) is 4.74 Å². The van der Waals surface area contributed by atoms with Gasteiger partial charge < -0.3 is 4.74 Å². The molecule has 1 aromatic rings. The van der Waals surface area contributed by atoms with Gasteiger partial charge in [-0.2, -0.15) is 0 Å². The largest absolute Gasteiger partial charge is 0.376 e. The SMILES string of the molecule is Cc1cn([C@@H]2COC[C@@H]2F)nn1. The molecule has 1 fully saturated rings. The highest BCUT2D eigenvalue weighted by molar-refractivity contribution is 4.91. The van der Waals surface area contributed by atoms with E-state index in [2.05, 4.69) is 10.3 Å². The van der Waals surface area contributed by atoms with Crippen LogP contribution in [0.2, 0.25) is 0 Å². The summed E-state index contributed by atoms with van der Waals surface area (Å²) in [4.78, 5) is 0. The average Bonchev–Trinajstić information content (AvgIpc) is 2.58. The molecular weight excluding hydrogens is 161 g/mol. The first-order valence-electron chi connectivity index (χ1n) is 3.87. The maximum Gasteiger partial charge on any atom is 0.148 e. The van der Waals surface area contributed by atoms with Crippen LogP contribution in [0.1, 0.15) is 11.7 Å². The Labute approximate surface area is 69.3 Å². The third-order valence-corrected chi connectivity index (χ3v) is 1.95. The molecule has 0 spiro atoms. The van der Waals surface area contributed by atoms with Crippen molar-refractivity contribution in [2.45, 2.75) is 19.1 Å². The molecular formula is C7H10FN3O. The van der Waals surface area contributed by atoms with Crippen LogP contribution < -0.4 is 0 Å². The molecule has 5 heteroatoms. The van der Waals surface area contributed by atoms with Crippen molar-refractivity contribution in [3.8, 4) is 0 Å². The van der Waals surface area contributed by atoms with Gasteiger partial charge in [0.2, 0.25) is 0 Å². The Morgan fingerprint density at radius 1 is 1.67 bits per heavy atom. The van der Waals surface area contributed by atoms with Gasteiger partial charge in [-0.05, 0) is 6.92 Å². The topological polar surface area (TPSA) is 39.9 Å². The molecule has 0 aliphatic carbocycles. The summed E-state index contributed by atoms with van der Waals surface area (Å²) in [5.74, 6) is 0. The Morgan fingerprint density at radius 2 is 2.50 bits per heavy atom. The molecule has 0 bridgehead atoms. The fourth-order valence-corrected chi connectivity index (χ4v) is 1.29. The first kappa shape index (κ1) is 7.67. The van der Waals surface area contributed by atoms with E-state index in [4.69, 9.17) is 4.74 Å². The third kappa shape index (κ3) is 1.20. The third-order valence-electron chi connectivity index (χ3n) is 1.95. The molecule has 0 aromatic carbocycles. The minimum absolute atomic E-state index is 0.170. The highest BCUT2D eigenvalue weighted by Crippen LogP contribution is 2.21. The van der Waals surface area contributed by atoms with Crippen LogP contribution in [0.4, 0.5) is 4.39 Å². The standard InChI is InChI=1S/C7H10FN3O/c1-5-2-11(10-9-5)7-4-12-3-6(7)8/h2,6-7H,3-4H2,1H3/t6-,7+/m0/s1. The summed E-state index contributed by atoms with van der Waals surface area (Å²) in [5, 5.41) is 7.58. The van der Waals surface area contributed by atoms with Crippen molar-refractivity contribution in [1.29, 1.82) is 0 Å². The zero-order valence-electron chi connectivity index (χ0n) is 6.77. The lowest BCUT2D eigenvalue weighted by Crippen LogP contribution is -2.19. The van der Waals surface area contributed by atoms with Gasteiger partial charge in [0.05, 0.1) is 18.9 Å². The number of nitrogens with zero attached hydrogens (tertiary/aromatic N) is 3. The summed E-state index contributed by atoms with van der Waals surface area (Å²) in [7, 11) is 0. The van der Waals surface area contributed by atoms with Crippen molar-refractivity contribution < 1.29 is 9.13 Å².